The number of aromatic amines is 1. The maximum absolute atomic E-state index is 5.41. The van der Waals surface area contributed by atoms with Gasteiger partial charge in [0, 0.05) is 12.2 Å². The summed E-state index contributed by atoms with van der Waals surface area (Å²) in [6, 6.07) is 5.56. The number of nitrogens with one attached hydrogen (secondary N) is 1. The van der Waals surface area contributed by atoms with Crippen molar-refractivity contribution in [2.45, 2.75) is 6.54 Å². The normalized spacial score (nSPS) is 9.62. The van der Waals surface area contributed by atoms with E-state index in [1.807, 2.05) is 18.2 Å². The van der Waals surface area contributed by atoms with Crippen molar-refractivity contribution in [3.05, 3.63) is 30.2 Å². The number of furan rings is 1. The summed E-state index contributed by atoms with van der Waals surface area (Å²) in [5.74, 6) is 0.756. The molecule has 0 spiro atoms. The average Bonchev–Trinajstić information content (AvgIpc) is 2.75. The summed E-state index contributed by atoms with van der Waals surface area (Å²) in [7, 11) is 0. The molecule has 13 heavy (non-hydrogen) atoms. The third-order valence-electron chi connectivity index (χ3n) is 1.62. The summed E-state index contributed by atoms with van der Waals surface area (Å²) in [5, 5.41) is 6.84. The zero-order valence-electron chi connectivity index (χ0n) is 6.86. The van der Waals surface area contributed by atoms with Gasteiger partial charge in [-0.2, -0.15) is 5.10 Å². The molecule has 5 heteroatoms. The van der Waals surface area contributed by atoms with Gasteiger partial charge in [-0.05, 0) is 18.2 Å². The molecule has 2 heterocycles. The fraction of sp³-hybridized carbons (Fsp3) is 0.125. The maximum atomic E-state index is 5.41. The van der Waals surface area contributed by atoms with Gasteiger partial charge in [-0.3, -0.25) is 5.10 Å². The van der Waals surface area contributed by atoms with Crippen LogP contribution in [0.25, 0.3) is 11.5 Å². The third kappa shape index (κ3) is 1.91. The van der Waals surface area contributed by atoms with Gasteiger partial charge in [-0.1, -0.05) is 0 Å². The lowest BCUT2D eigenvalue weighted by molar-refractivity contribution is 0.580. The zero-order valence-corrected chi connectivity index (χ0v) is 7.67. The van der Waals surface area contributed by atoms with E-state index in [9.17, 15) is 0 Å². The van der Waals surface area contributed by atoms with Crippen LogP contribution < -0.4 is 5.73 Å². The van der Waals surface area contributed by atoms with E-state index in [1.54, 1.807) is 6.26 Å². The van der Waals surface area contributed by atoms with Crippen LogP contribution in [0.2, 0.25) is 0 Å². The van der Waals surface area contributed by atoms with E-state index in [0.717, 1.165) is 17.1 Å². The minimum atomic E-state index is 0. The van der Waals surface area contributed by atoms with Gasteiger partial charge in [0.25, 0.3) is 0 Å². The Morgan fingerprint density at radius 2 is 2.38 bits per heavy atom. The molecule has 0 aromatic carbocycles. The predicted octanol–water partition coefficient (Wildman–Crippen LogP) is 1.55. The van der Waals surface area contributed by atoms with Crippen molar-refractivity contribution in [2.24, 2.45) is 5.73 Å². The van der Waals surface area contributed by atoms with Crippen molar-refractivity contribution < 1.29 is 4.42 Å². The second kappa shape index (κ2) is 4.11. The minimum Gasteiger partial charge on any atom is -0.463 e. The van der Waals surface area contributed by atoms with E-state index in [1.165, 1.54) is 0 Å². The highest BCUT2D eigenvalue weighted by atomic mass is 35.5. The molecule has 2 rings (SSSR count). The standard InChI is InChI=1S/C8H9N3O.ClH/c9-5-6-4-7(11-10-6)8-2-1-3-12-8;/h1-4H,5,9H2,(H,10,11);1H. The van der Waals surface area contributed by atoms with Crippen molar-refractivity contribution in [3.63, 3.8) is 0 Å². The van der Waals surface area contributed by atoms with Crippen LogP contribution in [-0.2, 0) is 6.54 Å². The molecule has 70 valence electrons. The van der Waals surface area contributed by atoms with Crippen LogP contribution in [0.4, 0.5) is 0 Å². The van der Waals surface area contributed by atoms with Gasteiger partial charge < -0.3 is 10.2 Å². The summed E-state index contributed by atoms with van der Waals surface area (Å²) >= 11 is 0. The SMILES string of the molecule is Cl.NCc1cc(-c2ccco2)n[nH]1. The molecule has 0 unspecified atom stereocenters. The van der Waals surface area contributed by atoms with E-state index < -0.39 is 0 Å². The maximum Gasteiger partial charge on any atom is 0.154 e. The summed E-state index contributed by atoms with van der Waals surface area (Å²) in [5.41, 5.74) is 7.11. The average molecular weight is 200 g/mol. The van der Waals surface area contributed by atoms with E-state index in [0.29, 0.717) is 6.54 Å². The van der Waals surface area contributed by atoms with E-state index >= 15 is 0 Å². The van der Waals surface area contributed by atoms with Crippen LogP contribution in [0.5, 0.6) is 0 Å². The molecule has 3 N–H and O–H groups in total. The van der Waals surface area contributed by atoms with Gasteiger partial charge in [-0.15, -0.1) is 12.4 Å². The Bertz CT molecular complexity index is 355. The first-order valence-electron chi connectivity index (χ1n) is 3.68. The smallest absolute Gasteiger partial charge is 0.154 e. The fourth-order valence-electron chi connectivity index (χ4n) is 1.02. The Morgan fingerprint density at radius 3 is 2.92 bits per heavy atom. The quantitative estimate of drug-likeness (QED) is 0.771. The number of hydrogen-bond acceptors (Lipinski definition) is 3. The van der Waals surface area contributed by atoms with Crippen LogP contribution in [0.3, 0.4) is 0 Å². The Morgan fingerprint density at radius 1 is 1.54 bits per heavy atom. The highest BCUT2D eigenvalue weighted by Crippen LogP contribution is 2.17. The highest BCUT2D eigenvalue weighted by Gasteiger charge is 2.03. The third-order valence-corrected chi connectivity index (χ3v) is 1.62. The highest BCUT2D eigenvalue weighted by molar-refractivity contribution is 5.85. The lowest BCUT2D eigenvalue weighted by Crippen LogP contribution is -1.95. The monoisotopic (exact) mass is 199 g/mol. The molecule has 0 aliphatic carbocycles. The number of H-pyrrole nitrogens is 1. The zero-order chi connectivity index (χ0) is 8.39. The molecule has 0 amide bonds. The Hall–Kier alpha value is -1.26. The molecule has 0 saturated heterocycles. The topological polar surface area (TPSA) is 67.8 Å². The fourth-order valence-corrected chi connectivity index (χ4v) is 1.02. The molecular weight excluding hydrogens is 190 g/mol. The first kappa shape index (κ1) is 9.83. The largest absolute Gasteiger partial charge is 0.463 e. The van der Waals surface area contributed by atoms with E-state index in [4.69, 9.17) is 10.2 Å². The van der Waals surface area contributed by atoms with E-state index in [-0.39, 0.29) is 12.4 Å². The number of halogens is 1. The van der Waals surface area contributed by atoms with Gasteiger partial charge in [0.1, 0.15) is 5.69 Å². The molecule has 4 nitrogen and oxygen atoms in total. The van der Waals surface area contributed by atoms with Crippen LogP contribution in [0.1, 0.15) is 5.69 Å². The van der Waals surface area contributed by atoms with Gasteiger partial charge in [0.15, 0.2) is 5.76 Å². The number of nitrogens with zero attached hydrogens (tertiary/aromatic N) is 1. The first-order chi connectivity index (χ1) is 5.90. The molecule has 0 bridgehead atoms. The van der Waals surface area contributed by atoms with Crippen molar-refractivity contribution in [1.29, 1.82) is 0 Å². The van der Waals surface area contributed by atoms with E-state index in [2.05, 4.69) is 10.2 Å². The van der Waals surface area contributed by atoms with Crippen molar-refractivity contribution in [2.75, 3.05) is 0 Å². The minimum absolute atomic E-state index is 0. The summed E-state index contributed by atoms with van der Waals surface area (Å²) in [6.45, 7) is 0.466. The predicted molar refractivity (Wildman–Crippen MR) is 51.4 cm³/mol. The van der Waals surface area contributed by atoms with Gasteiger partial charge in [0.2, 0.25) is 0 Å². The molecule has 0 radical (unpaired) electrons. The van der Waals surface area contributed by atoms with Crippen LogP contribution in [-0.4, -0.2) is 10.2 Å². The van der Waals surface area contributed by atoms with Crippen molar-refractivity contribution in [3.8, 4) is 11.5 Å². The number of rotatable bonds is 2. The lowest BCUT2D eigenvalue weighted by atomic mass is 10.3. The molecule has 0 saturated carbocycles. The lowest BCUT2D eigenvalue weighted by Gasteiger charge is -1.84. The number of nitrogens with two attached hydrogens (primary N) is 1. The molecule has 0 atom stereocenters. The van der Waals surface area contributed by atoms with Gasteiger partial charge in [-0.25, -0.2) is 0 Å². The second-order valence-electron chi connectivity index (χ2n) is 2.46. The van der Waals surface area contributed by atoms with Crippen LogP contribution in [0.15, 0.2) is 28.9 Å². The van der Waals surface area contributed by atoms with Gasteiger partial charge >= 0.3 is 0 Å². The number of aromatic nitrogens is 2. The summed E-state index contributed by atoms with van der Waals surface area (Å²) < 4.78 is 5.15. The molecule has 0 aliphatic rings. The second-order valence-corrected chi connectivity index (χ2v) is 2.46. The Balaban J connectivity index is 0.000000845. The molecular formula is C8H10ClN3O. The molecule has 2 aromatic rings. The van der Waals surface area contributed by atoms with Crippen LogP contribution in [0, 0.1) is 0 Å². The number of hydrogen-bond donors (Lipinski definition) is 2. The van der Waals surface area contributed by atoms with Crippen molar-refractivity contribution in [1.82, 2.24) is 10.2 Å². The Labute approximate surface area is 81.5 Å². The van der Waals surface area contributed by atoms with Crippen LogP contribution >= 0.6 is 12.4 Å². The van der Waals surface area contributed by atoms with Gasteiger partial charge in [0.05, 0.1) is 6.26 Å². The van der Waals surface area contributed by atoms with Crippen molar-refractivity contribution >= 4 is 12.4 Å². The summed E-state index contributed by atoms with van der Waals surface area (Å²) in [6.07, 6.45) is 1.62. The molecule has 0 aliphatic heterocycles. The summed E-state index contributed by atoms with van der Waals surface area (Å²) in [4.78, 5) is 0. The molecule has 2 aromatic heterocycles. The first-order valence-corrected chi connectivity index (χ1v) is 3.68. The molecule has 0 fully saturated rings. The Kier molecular flexibility index (Phi) is 3.11.